The van der Waals surface area contributed by atoms with Crippen molar-refractivity contribution in [1.82, 2.24) is 20.0 Å². The average Bonchev–Trinajstić information content (AvgIpc) is 2.53. The minimum atomic E-state index is 0.132. The largest absolute Gasteiger partial charge is 0.338 e. The van der Waals surface area contributed by atoms with E-state index in [9.17, 15) is 4.79 Å². The lowest BCUT2D eigenvalue weighted by molar-refractivity contribution is 0.128. The maximum Gasteiger partial charge on any atom is 0.317 e. The van der Waals surface area contributed by atoms with E-state index in [1.807, 2.05) is 4.90 Å². The van der Waals surface area contributed by atoms with Gasteiger partial charge in [-0.3, -0.25) is 0 Å². The van der Waals surface area contributed by atoms with Crippen LogP contribution in [0.2, 0.25) is 0 Å². The number of rotatable bonds is 4. The van der Waals surface area contributed by atoms with Gasteiger partial charge in [0, 0.05) is 45.3 Å². The van der Waals surface area contributed by atoms with E-state index >= 15 is 0 Å². The fourth-order valence-electron chi connectivity index (χ4n) is 3.34. The maximum atomic E-state index is 12.2. The van der Waals surface area contributed by atoms with Crippen molar-refractivity contribution in [3.8, 4) is 0 Å². The molecule has 2 aliphatic heterocycles. The molecule has 1 unspecified atom stereocenters. The molecule has 1 N–H and O–H groups in total. The number of carbonyl (C=O) groups is 1. The molecule has 0 aliphatic carbocycles. The summed E-state index contributed by atoms with van der Waals surface area (Å²) < 4.78 is 0. The van der Waals surface area contributed by atoms with Crippen molar-refractivity contribution in [2.45, 2.75) is 39.7 Å². The SMILES string of the molecule is CCN1CCN(C(=O)NCC2CCCN(C(C)C)C2)CC1. The van der Waals surface area contributed by atoms with Crippen LogP contribution >= 0.6 is 0 Å². The fraction of sp³-hybridized carbons (Fsp3) is 0.938. The Morgan fingerprint density at radius 1 is 1.19 bits per heavy atom. The molecule has 122 valence electrons. The molecule has 1 atom stereocenters. The van der Waals surface area contributed by atoms with Crippen LogP contribution in [-0.4, -0.2) is 79.1 Å². The number of hydrogen-bond acceptors (Lipinski definition) is 3. The lowest BCUT2D eigenvalue weighted by Crippen LogP contribution is -2.53. The zero-order valence-electron chi connectivity index (χ0n) is 14.0. The van der Waals surface area contributed by atoms with Crippen LogP contribution in [0.15, 0.2) is 0 Å². The van der Waals surface area contributed by atoms with Gasteiger partial charge in [-0.05, 0) is 45.7 Å². The fourth-order valence-corrected chi connectivity index (χ4v) is 3.34. The van der Waals surface area contributed by atoms with Gasteiger partial charge in [0.05, 0.1) is 0 Å². The molecule has 0 aromatic rings. The highest BCUT2D eigenvalue weighted by Crippen LogP contribution is 2.17. The zero-order chi connectivity index (χ0) is 15.2. The van der Waals surface area contributed by atoms with E-state index < -0.39 is 0 Å². The van der Waals surface area contributed by atoms with Crippen molar-refractivity contribution in [3.05, 3.63) is 0 Å². The molecule has 2 rings (SSSR count). The average molecular weight is 296 g/mol. The zero-order valence-corrected chi connectivity index (χ0v) is 14.0. The van der Waals surface area contributed by atoms with E-state index in [4.69, 9.17) is 0 Å². The van der Waals surface area contributed by atoms with Gasteiger partial charge in [0.2, 0.25) is 0 Å². The highest BCUT2D eigenvalue weighted by Gasteiger charge is 2.24. The highest BCUT2D eigenvalue weighted by atomic mass is 16.2. The normalized spacial score (nSPS) is 25.3. The molecule has 2 aliphatic rings. The van der Waals surface area contributed by atoms with Crippen LogP contribution in [0.25, 0.3) is 0 Å². The number of likely N-dealkylation sites (N-methyl/N-ethyl adjacent to an activating group) is 1. The van der Waals surface area contributed by atoms with Crippen LogP contribution in [0.5, 0.6) is 0 Å². The highest BCUT2D eigenvalue weighted by molar-refractivity contribution is 5.74. The van der Waals surface area contributed by atoms with Crippen LogP contribution in [-0.2, 0) is 0 Å². The lowest BCUT2D eigenvalue weighted by atomic mass is 9.97. The van der Waals surface area contributed by atoms with E-state index in [2.05, 4.69) is 35.9 Å². The Balaban J connectivity index is 1.69. The standard InChI is InChI=1S/C16H32N4O/c1-4-18-8-10-19(11-9-18)16(21)17-12-15-6-5-7-20(13-15)14(2)3/h14-15H,4-13H2,1-3H3,(H,17,21). The van der Waals surface area contributed by atoms with Gasteiger partial charge in [-0.1, -0.05) is 6.92 Å². The maximum absolute atomic E-state index is 12.2. The molecule has 0 saturated carbocycles. The second-order valence-electron chi connectivity index (χ2n) is 6.70. The molecule has 0 aromatic carbocycles. The predicted molar refractivity (Wildman–Crippen MR) is 86.5 cm³/mol. The molecule has 0 radical (unpaired) electrons. The third kappa shape index (κ3) is 4.85. The summed E-state index contributed by atoms with van der Waals surface area (Å²) >= 11 is 0. The monoisotopic (exact) mass is 296 g/mol. The van der Waals surface area contributed by atoms with Gasteiger partial charge in [0.25, 0.3) is 0 Å². The van der Waals surface area contributed by atoms with Gasteiger partial charge in [-0.2, -0.15) is 0 Å². The van der Waals surface area contributed by atoms with Crippen molar-refractivity contribution >= 4 is 6.03 Å². The van der Waals surface area contributed by atoms with Gasteiger partial charge >= 0.3 is 6.03 Å². The summed E-state index contributed by atoms with van der Waals surface area (Å²) in [7, 11) is 0. The molecular weight excluding hydrogens is 264 g/mol. The first-order valence-electron chi connectivity index (χ1n) is 8.59. The Labute approximate surface area is 129 Å². The number of urea groups is 1. The number of likely N-dealkylation sites (tertiary alicyclic amines) is 1. The summed E-state index contributed by atoms with van der Waals surface area (Å²) in [4.78, 5) is 19.1. The second kappa shape index (κ2) is 7.99. The van der Waals surface area contributed by atoms with E-state index in [1.165, 1.54) is 19.4 Å². The number of carbonyl (C=O) groups excluding carboxylic acids is 1. The Kier molecular flexibility index (Phi) is 6.30. The number of amides is 2. The van der Waals surface area contributed by atoms with E-state index in [-0.39, 0.29) is 6.03 Å². The van der Waals surface area contributed by atoms with Crippen molar-refractivity contribution in [1.29, 1.82) is 0 Å². The Bertz CT molecular complexity index is 326. The number of piperazine rings is 1. The van der Waals surface area contributed by atoms with Crippen molar-refractivity contribution in [2.24, 2.45) is 5.92 Å². The molecule has 5 heteroatoms. The minimum Gasteiger partial charge on any atom is -0.338 e. The lowest BCUT2D eigenvalue weighted by Gasteiger charge is -2.37. The van der Waals surface area contributed by atoms with Gasteiger partial charge in [0.1, 0.15) is 0 Å². The molecular formula is C16H32N4O. The van der Waals surface area contributed by atoms with Crippen LogP contribution in [0.3, 0.4) is 0 Å². The first kappa shape index (κ1) is 16.6. The molecule has 0 aromatic heterocycles. The van der Waals surface area contributed by atoms with Gasteiger partial charge in [-0.15, -0.1) is 0 Å². The summed E-state index contributed by atoms with van der Waals surface area (Å²) in [5, 5.41) is 3.16. The molecule has 0 spiro atoms. The summed E-state index contributed by atoms with van der Waals surface area (Å²) in [6.07, 6.45) is 2.50. The Hall–Kier alpha value is -0.810. The van der Waals surface area contributed by atoms with Gasteiger partial charge in [0.15, 0.2) is 0 Å². The van der Waals surface area contributed by atoms with E-state index in [1.54, 1.807) is 0 Å². The first-order valence-corrected chi connectivity index (χ1v) is 8.59. The smallest absolute Gasteiger partial charge is 0.317 e. The number of piperidine rings is 1. The second-order valence-corrected chi connectivity index (χ2v) is 6.70. The molecule has 2 amide bonds. The Morgan fingerprint density at radius 3 is 2.52 bits per heavy atom. The van der Waals surface area contributed by atoms with E-state index in [0.717, 1.165) is 45.8 Å². The third-order valence-corrected chi connectivity index (χ3v) is 4.93. The summed E-state index contributed by atoms with van der Waals surface area (Å²) in [5.41, 5.74) is 0. The quantitative estimate of drug-likeness (QED) is 0.853. The van der Waals surface area contributed by atoms with Crippen molar-refractivity contribution < 1.29 is 4.79 Å². The molecule has 2 saturated heterocycles. The predicted octanol–water partition coefficient (Wildman–Crippen LogP) is 1.45. The molecule has 2 fully saturated rings. The van der Waals surface area contributed by atoms with Crippen LogP contribution < -0.4 is 5.32 Å². The van der Waals surface area contributed by atoms with Crippen LogP contribution in [0.1, 0.15) is 33.6 Å². The molecule has 5 nitrogen and oxygen atoms in total. The van der Waals surface area contributed by atoms with Gasteiger partial charge in [-0.25, -0.2) is 4.79 Å². The number of nitrogens with one attached hydrogen (secondary N) is 1. The molecule has 2 heterocycles. The number of nitrogens with zero attached hydrogens (tertiary/aromatic N) is 3. The topological polar surface area (TPSA) is 38.8 Å². The van der Waals surface area contributed by atoms with Crippen LogP contribution in [0, 0.1) is 5.92 Å². The summed E-state index contributed by atoms with van der Waals surface area (Å²) in [5.74, 6) is 0.613. The summed E-state index contributed by atoms with van der Waals surface area (Å²) in [6.45, 7) is 14.7. The minimum absolute atomic E-state index is 0.132. The van der Waals surface area contributed by atoms with Gasteiger partial charge < -0.3 is 20.0 Å². The first-order chi connectivity index (χ1) is 10.1. The molecule has 21 heavy (non-hydrogen) atoms. The van der Waals surface area contributed by atoms with Crippen molar-refractivity contribution in [2.75, 3.05) is 52.4 Å². The van der Waals surface area contributed by atoms with Crippen molar-refractivity contribution in [3.63, 3.8) is 0 Å². The van der Waals surface area contributed by atoms with Crippen LogP contribution in [0.4, 0.5) is 4.79 Å². The Morgan fingerprint density at radius 2 is 1.90 bits per heavy atom. The summed E-state index contributed by atoms with van der Waals surface area (Å²) in [6, 6.07) is 0.748. The van der Waals surface area contributed by atoms with E-state index in [0.29, 0.717) is 12.0 Å². The molecule has 0 bridgehead atoms. The number of hydrogen-bond donors (Lipinski definition) is 1. The third-order valence-electron chi connectivity index (χ3n) is 4.93.